The quantitative estimate of drug-likeness (QED) is 0.749. The van der Waals surface area contributed by atoms with E-state index >= 15 is 0 Å². The van der Waals surface area contributed by atoms with E-state index in [0.29, 0.717) is 13.0 Å². The summed E-state index contributed by atoms with van der Waals surface area (Å²) < 4.78 is 13.2. The first kappa shape index (κ1) is 16.4. The van der Waals surface area contributed by atoms with Crippen LogP contribution in [0.1, 0.15) is 32.8 Å². The lowest BCUT2D eigenvalue weighted by molar-refractivity contribution is 0.213. The van der Waals surface area contributed by atoms with Crippen LogP contribution in [-0.2, 0) is 5.41 Å². The first-order valence-corrected chi connectivity index (χ1v) is 6.80. The van der Waals surface area contributed by atoms with Gasteiger partial charge in [0.15, 0.2) is 0 Å². The van der Waals surface area contributed by atoms with Crippen molar-refractivity contribution in [2.45, 2.75) is 38.6 Å². The van der Waals surface area contributed by atoms with Crippen molar-refractivity contribution in [2.24, 2.45) is 0 Å². The summed E-state index contributed by atoms with van der Waals surface area (Å²) in [6, 6.07) is 5.80. The van der Waals surface area contributed by atoms with Gasteiger partial charge in [0.1, 0.15) is 5.82 Å². The SMILES string of the molecule is CCC(CO)NC(=O)NCC(C)(C)c1cccc(F)c1. The molecule has 20 heavy (non-hydrogen) atoms. The van der Waals surface area contributed by atoms with Gasteiger partial charge in [0.25, 0.3) is 0 Å². The normalized spacial score (nSPS) is 12.8. The zero-order valence-corrected chi connectivity index (χ0v) is 12.2. The summed E-state index contributed by atoms with van der Waals surface area (Å²) in [6.07, 6.45) is 0.664. The molecular formula is C15H23FN2O2. The van der Waals surface area contributed by atoms with Crippen LogP contribution in [0.5, 0.6) is 0 Å². The number of halogens is 1. The van der Waals surface area contributed by atoms with Crippen molar-refractivity contribution in [3.05, 3.63) is 35.6 Å². The molecule has 5 heteroatoms. The van der Waals surface area contributed by atoms with Crippen LogP contribution in [0.25, 0.3) is 0 Å². The summed E-state index contributed by atoms with van der Waals surface area (Å²) in [4.78, 5) is 11.7. The van der Waals surface area contributed by atoms with E-state index in [-0.39, 0.29) is 29.9 Å². The maximum atomic E-state index is 13.2. The topological polar surface area (TPSA) is 61.4 Å². The molecule has 1 aromatic rings. The molecular weight excluding hydrogens is 259 g/mol. The molecule has 0 aliphatic carbocycles. The van der Waals surface area contributed by atoms with Gasteiger partial charge in [-0.3, -0.25) is 0 Å². The first-order chi connectivity index (χ1) is 9.39. The smallest absolute Gasteiger partial charge is 0.315 e. The molecule has 1 unspecified atom stereocenters. The third-order valence-corrected chi connectivity index (χ3v) is 3.35. The average molecular weight is 282 g/mol. The Morgan fingerprint density at radius 3 is 2.70 bits per heavy atom. The number of carbonyl (C=O) groups is 1. The number of benzene rings is 1. The van der Waals surface area contributed by atoms with E-state index < -0.39 is 0 Å². The Balaban J connectivity index is 2.57. The van der Waals surface area contributed by atoms with Gasteiger partial charge < -0.3 is 15.7 Å². The lowest BCUT2D eigenvalue weighted by atomic mass is 9.84. The second-order valence-corrected chi connectivity index (χ2v) is 5.51. The third kappa shape index (κ3) is 4.81. The molecule has 3 N–H and O–H groups in total. The van der Waals surface area contributed by atoms with E-state index in [1.807, 2.05) is 26.8 Å². The molecule has 1 rings (SSSR count). The molecule has 112 valence electrons. The summed E-state index contributed by atoms with van der Waals surface area (Å²) in [6.45, 7) is 6.05. The van der Waals surface area contributed by atoms with Gasteiger partial charge in [0.05, 0.1) is 12.6 Å². The number of urea groups is 1. The number of amides is 2. The number of hydrogen-bond acceptors (Lipinski definition) is 2. The number of aliphatic hydroxyl groups excluding tert-OH is 1. The Labute approximate surface area is 119 Å². The highest BCUT2D eigenvalue weighted by atomic mass is 19.1. The third-order valence-electron chi connectivity index (χ3n) is 3.35. The van der Waals surface area contributed by atoms with Crippen LogP contribution in [0.15, 0.2) is 24.3 Å². The predicted octanol–water partition coefficient (Wildman–Crippen LogP) is 2.17. The summed E-state index contributed by atoms with van der Waals surface area (Å²) >= 11 is 0. The van der Waals surface area contributed by atoms with Crippen LogP contribution >= 0.6 is 0 Å². The highest BCUT2D eigenvalue weighted by Crippen LogP contribution is 2.22. The Kier molecular flexibility index (Phi) is 5.95. The summed E-state index contributed by atoms with van der Waals surface area (Å²) in [7, 11) is 0. The molecule has 0 aromatic heterocycles. The fourth-order valence-corrected chi connectivity index (χ4v) is 1.83. The predicted molar refractivity (Wildman–Crippen MR) is 77.1 cm³/mol. The van der Waals surface area contributed by atoms with E-state index in [0.717, 1.165) is 5.56 Å². The monoisotopic (exact) mass is 282 g/mol. The molecule has 4 nitrogen and oxygen atoms in total. The molecule has 0 aliphatic heterocycles. The highest BCUT2D eigenvalue weighted by Gasteiger charge is 2.22. The van der Waals surface area contributed by atoms with Crippen LogP contribution in [0.2, 0.25) is 0 Å². The number of aliphatic hydroxyl groups is 1. The lowest BCUT2D eigenvalue weighted by Crippen LogP contribution is -2.47. The molecule has 1 atom stereocenters. The van der Waals surface area contributed by atoms with Crippen LogP contribution in [-0.4, -0.2) is 30.3 Å². The standard InChI is InChI=1S/C15H23FN2O2/c1-4-13(9-19)18-14(20)17-10-15(2,3)11-6-5-7-12(16)8-11/h5-8,13,19H,4,9-10H2,1-3H3,(H2,17,18,20). The van der Waals surface area contributed by atoms with E-state index in [9.17, 15) is 9.18 Å². The minimum Gasteiger partial charge on any atom is -0.394 e. The Bertz CT molecular complexity index is 445. The Morgan fingerprint density at radius 2 is 2.15 bits per heavy atom. The molecule has 0 saturated heterocycles. The van der Waals surface area contributed by atoms with Gasteiger partial charge in [-0.05, 0) is 24.1 Å². The van der Waals surface area contributed by atoms with Crippen molar-refractivity contribution < 1.29 is 14.3 Å². The van der Waals surface area contributed by atoms with Crippen LogP contribution in [0.4, 0.5) is 9.18 Å². The van der Waals surface area contributed by atoms with Crippen LogP contribution in [0.3, 0.4) is 0 Å². The molecule has 0 fully saturated rings. The molecule has 0 aliphatic rings. The zero-order chi connectivity index (χ0) is 15.2. The van der Waals surface area contributed by atoms with Crippen molar-refractivity contribution in [3.63, 3.8) is 0 Å². The van der Waals surface area contributed by atoms with E-state index in [1.54, 1.807) is 6.07 Å². The summed E-state index contributed by atoms with van der Waals surface area (Å²) in [5.74, 6) is -0.286. The molecule has 0 heterocycles. The van der Waals surface area contributed by atoms with Gasteiger partial charge in [-0.25, -0.2) is 9.18 Å². The molecule has 0 spiro atoms. The fourth-order valence-electron chi connectivity index (χ4n) is 1.83. The molecule has 1 aromatic carbocycles. The number of nitrogens with one attached hydrogen (secondary N) is 2. The first-order valence-electron chi connectivity index (χ1n) is 6.80. The van der Waals surface area contributed by atoms with Crippen LogP contribution in [0, 0.1) is 5.82 Å². The van der Waals surface area contributed by atoms with Gasteiger partial charge in [0, 0.05) is 12.0 Å². The maximum Gasteiger partial charge on any atom is 0.315 e. The van der Waals surface area contributed by atoms with Gasteiger partial charge in [-0.15, -0.1) is 0 Å². The minimum atomic E-state index is -0.375. The number of carbonyl (C=O) groups excluding carboxylic acids is 1. The van der Waals surface area contributed by atoms with Crippen molar-refractivity contribution in [2.75, 3.05) is 13.2 Å². The zero-order valence-electron chi connectivity index (χ0n) is 12.2. The molecule has 0 radical (unpaired) electrons. The average Bonchev–Trinajstić information content (AvgIpc) is 2.42. The lowest BCUT2D eigenvalue weighted by Gasteiger charge is -2.26. The molecule has 0 saturated carbocycles. The fraction of sp³-hybridized carbons (Fsp3) is 0.533. The van der Waals surface area contributed by atoms with Crippen molar-refractivity contribution in [3.8, 4) is 0 Å². The van der Waals surface area contributed by atoms with Gasteiger partial charge in [-0.1, -0.05) is 32.9 Å². The Hall–Kier alpha value is -1.62. The summed E-state index contributed by atoms with van der Waals surface area (Å²) in [5, 5.41) is 14.5. The van der Waals surface area contributed by atoms with E-state index in [2.05, 4.69) is 10.6 Å². The van der Waals surface area contributed by atoms with Crippen LogP contribution < -0.4 is 10.6 Å². The molecule has 2 amide bonds. The number of hydrogen-bond donors (Lipinski definition) is 3. The maximum absolute atomic E-state index is 13.2. The van der Waals surface area contributed by atoms with Gasteiger partial charge in [0.2, 0.25) is 0 Å². The Morgan fingerprint density at radius 1 is 1.45 bits per heavy atom. The summed E-state index contributed by atoms with van der Waals surface area (Å²) in [5.41, 5.74) is 0.451. The van der Waals surface area contributed by atoms with E-state index in [4.69, 9.17) is 5.11 Å². The van der Waals surface area contributed by atoms with Crippen molar-refractivity contribution >= 4 is 6.03 Å². The van der Waals surface area contributed by atoms with Gasteiger partial charge in [-0.2, -0.15) is 0 Å². The van der Waals surface area contributed by atoms with Gasteiger partial charge >= 0.3 is 6.03 Å². The van der Waals surface area contributed by atoms with E-state index in [1.165, 1.54) is 12.1 Å². The second-order valence-electron chi connectivity index (χ2n) is 5.51. The second kappa shape index (κ2) is 7.24. The minimum absolute atomic E-state index is 0.0861. The largest absolute Gasteiger partial charge is 0.394 e. The molecule has 0 bridgehead atoms. The number of rotatable bonds is 6. The highest BCUT2D eigenvalue weighted by molar-refractivity contribution is 5.74. The van der Waals surface area contributed by atoms with Crippen molar-refractivity contribution in [1.82, 2.24) is 10.6 Å². The van der Waals surface area contributed by atoms with Crippen molar-refractivity contribution in [1.29, 1.82) is 0 Å².